The van der Waals surface area contributed by atoms with Crippen molar-refractivity contribution in [3.05, 3.63) is 65.2 Å². The number of anilines is 1. The van der Waals surface area contributed by atoms with Crippen LogP contribution in [0.2, 0.25) is 0 Å². The summed E-state index contributed by atoms with van der Waals surface area (Å²) < 4.78 is 54.1. The van der Waals surface area contributed by atoms with Gasteiger partial charge in [-0.1, -0.05) is 26.0 Å². The Morgan fingerprint density at radius 3 is 2.47 bits per heavy atom. The van der Waals surface area contributed by atoms with Gasteiger partial charge >= 0.3 is 0 Å². The van der Waals surface area contributed by atoms with E-state index in [1.54, 1.807) is 13.8 Å². The quantitative estimate of drug-likeness (QED) is 0.564. The molecule has 3 amide bonds. The van der Waals surface area contributed by atoms with Crippen LogP contribution in [-0.2, 0) is 20.9 Å². The molecule has 2 aromatic carbocycles. The van der Waals surface area contributed by atoms with Crippen LogP contribution in [0.3, 0.4) is 0 Å². The molecule has 1 aliphatic heterocycles. The molecule has 6 nitrogen and oxygen atoms in total. The number of likely N-dealkylation sites (tertiary alicyclic amines) is 1. The minimum atomic E-state index is -1.12. The van der Waals surface area contributed by atoms with Crippen LogP contribution in [0.5, 0.6) is 0 Å². The van der Waals surface area contributed by atoms with E-state index in [0.29, 0.717) is 6.42 Å². The average molecular weight is 479 g/mol. The Hall–Kier alpha value is -3.43. The van der Waals surface area contributed by atoms with Crippen LogP contribution in [-0.4, -0.2) is 34.7 Å². The molecule has 2 N–H and O–H groups in total. The second kappa shape index (κ2) is 10.7. The monoisotopic (exact) mass is 479 g/mol. The van der Waals surface area contributed by atoms with Crippen LogP contribution < -0.4 is 10.6 Å². The van der Waals surface area contributed by atoms with E-state index < -0.39 is 47.2 Å². The van der Waals surface area contributed by atoms with Gasteiger partial charge in [-0.15, -0.1) is 0 Å². The summed E-state index contributed by atoms with van der Waals surface area (Å²) in [4.78, 5) is 39.0. The molecular weight excluding hydrogens is 454 g/mol. The molecule has 3 rings (SSSR count). The fraction of sp³-hybridized carbons (Fsp3) is 0.375. The maximum Gasteiger partial charge on any atom is 0.247 e. The first-order valence-electron chi connectivity index (χ1n) is 10.8. The van der Waals surface area contributed by atoms with Gasteiger partial charge in [0.2, 0.25) is 17.7 Å². The highest BCUT2D eigenvalue weighted by Gasteiger charge is 2.34. The first-order valence-corrected chi connectivity index (χ1v) is 10.8. The van der Waals surface area contributed by atoms with E-state index in [1.165, 1.54) is 23.1 Å². The predicted octanol–water partition coefficient (Wildman–Crippen LogP) is 3.90. The zero-order chi connectivity index (χ0) is 25.0. The molecule has 34 heavy (non-hydrogen) atoms. The van der Waals surface area contributed by atoms with Gasteiger partial charge < -0.3 is 15.5 Å². The standard InChI is InChI=1S/C24H25F4N3O3/c1-13(2)23(24(34)29-15-6-8-17(25)19(27)10-15)30-20(32)11-16-7-9-21(33)31(16)12-14-4-3-5-18(26)22(14)28/h3-6,8,10,13,16,23H,7,9,11-12H2,1-2H3,(H,29,34)(H,30,32). The van der Waals surface area contributed by atoms with E-state index in [-0.39, 0.29) is 42.5 Å². The van der Waals surface area contributed by atoms with Gasteiger partial charge in [-0.2, -0.15) is 0 Å². The van der Waals surface area contributed by atoms with E-state index in [0.717, 1.165) is 18.2 Å². The van der Waals surface area contributed by atoms with Gasteiger partial charge in [0.1, 0.15) is 6.04 Å². The smallest absolute Gasteiger partial charge is 0.247 e. The van der Waals surface area contributed by atoms with E-state index in [1.807, 2.05) is 0 Å². The highest BCUT2D eigenvalue weighted by Crippen LogP contribution is 2.25. The third-order valence-corrected chi connectivity index (χ3v) is 5.70. The maximum atomic E-state index is 14.1. The largest absolute Gasteiger partial charge is 0.344 e. The van der Waals surface area contributed by atoms with Crippen LogP contribution in [0.4, 0.5) is 23.2 Å². The molecule has 2 unspecified atom stereocenters. The first-order chi connectivity index (χ1) is 16.1. The van der Waals surface area contributed by atoms with Gasteiger partial charge in [-0.25, -0.2) is 17.6 Å². The Labute approximate surface area is 194 Å². The lowest BCUT2D eigenvalue weighted by molar-refractivity contribution is -0.131. The van der Waals surface area contributed by atoms with Gasteiger partial charge in [-0.3, -0.25) is 14.4 Å². The van der Waals surface area contributed by atoms with E-state index in [9.17, 15) is 31.9 Å². The van der Waals surface area contributed by atoms with Crippen LogP contribution >= 0.6 is 0 Å². The number of hydrogen-bond donors (Lipinski definition) is 2. The summed E-state index contributed by atoms with van der Waals surface area (Å²) in [6.45, 7) is 3.23. The molecule has 0 saturated carbocycles. The van der Waals surface area contributed by atoms with Crippen LogP contribution in [0.25, 0.3) is 0 Å². The van der Waals surface area contributed by atoms with Crippen LogP contribution in [0.1, 0.15) is 38.7 Å². The van der Waals surface area contributed by atoms with Crippen molar-refractivity contribution in [2.24, 2.45) is 5.92 Å². The zero-order valence-corrected chi connectivity index (χ0v) is 18.7. The lowest BCUT2D eigenvalue weighted by atomic mass is 10.0. The van der Waals surface area contributed by atoms with Crippen molar-refractivity contribution in [3.8, 4) is 0 Å². The summed E-state index contributed by atoms with van der Waals surface area (Å²) in [5.41, 5.74) is 0.0418. The minimum absolute atomic E-state index is 0.00613. The number of nitrogens with one attached hydrogen (secondary N) is 2. The number of rotatable bonds is 8. The highest BCUT2D eigenvalue weighted by atomic mass is 19.2. The molecule has 1 aliphatic rings. The maximum absolute atomic E-state index is 14.1. The van der Waals surface area contributed by atoms with Crippen molar-refractivity contribution >= 4 is 23.4 Å². The molecule has 0 radical (unpaired) electrons. The predicted molar refractivity (Wildman–Crippen MR) is 116 cm³/mol. The normalized spacial score (nSPS) is 16.6. The van der Waals surface area contributed by atoms with Crippen molar-refractivity contribution in [1.29, 1.82) is 0 Å². The van der Waals surface area contributed by atoms with Crippen molar-refractivity contribution < 1.29 is 31.9 Å². The first kappa shape index (κ1) is 25.2. The molecule has 1 heterocycles. The van der Waals surface area contributed by atoms with Crippen LogP contribution in [0, 0.1) is 29.2 Å². The third kappa shape index (κ3) is 5.92. The second-order valence-electron chi connectivity index (χ2n) is 8.54. The summed E-state index contributed by atoms with van der Waals surface area (Å²) in [6, 6.07) is 5.08. The summed E-state index contributed by atoms with van der Waals surface area (Å²) in [5, 5.41) is 5.07. The van der Waals surface area contributed by atoms with E-state index in [4.69, 9.17) is 0 Å². The fourth-order valence-corrected chi connectivity index (χ4v) is 3.85. The van der Waals surface area contributed by atoms with Crippen molar-refractivity contribution in [3.63, 3.8) is 0 Å². The minimum Gasteiger partial charge on any atom is -0.344 e. The molecule has 2 atom stereocenters. The molecular formula is C24H25F4N3O3. The van der Waals surface area contributed by atoms with Crippen molar-refractivity contribution in [2.45, 2.75) is 51.7 Å². The van der Waals surface area contributed by atoms with E-state index in [2.05, 4.69) is 10.6 Å². The van der Waals surface area contributed by atoms with E-state index >= 15 is 0 Å². The highest BCUT2D eigenvalue weighted by molar-refractivity contribution is 5.97. The number of nitrogens with zero attached hydrogens (tertiary/aromatic N) is 1. The number of halogens is 4. The second-order valence-corrected chi connectivity index (χ2v) is 8.54. The average Bonchev–Trinajstić information content (AvgIpc) is 3.11. The fourth-order valence-electron chi connectivity index (χ4n) is 3.85. The molecule has 2 aromatic rings. The molecule has 1 saturated heterocycles. The number of hydrogen-bond acceptors (Lipinski definition) is 3. The lowest BCUT2D eigenvalue weighted by Gasteiger charge is -2.27. The third-order valence-electron chi connectivity index (χ3n) is 5.70. The topological polar surface area (TPSA) is 78.5 Å². The molecule has 0 aliphatic carbocycles. The summed E-state index contributed by atoms with van der Waals surface area (Å²) >= 11 is 0. The number of benzene rings is 2. The van der Waals surface area contributed by atoms with Crippen LogP contribution in [0.15, 0.2) is 36.4 Å². The summed E-state index contributed by atoms with van der Waals surface area (Å²) in [5.74, 6) is -5.98. The Bertz CT molecular complexity index is 1090. The zero-order valence-electron chi connectivity index (χ0n) is 18.7. The molecule has 10 heteroatoms. The molecule has 182 valence electrons. The Morgan fingerprint density at radius 1 is 1.06 bits per heavy atom. The Kier molecular flexibility index (Phi) is 7.90. The van der Waals surface area contributed by atoms with Gasteiger partial charge in [0.25, 0.3) is 0 Å². The Balaban J connectivity index is 1.65. The van der Waals surface area contributed by atoms with Crippen molar-refractivity contribution in [1.82, 2.24) is 10.2 Å². The van der Waals surface area contributed by atoms with Crippen molar-refractivity contribution in [2.75, 3.05) is 5.32 Å². The number of carbonyl (C=O) groups is 3. The molecule has 0 bridgehead atoms. The van der Waals surface area contributed by atoms with Gasteiger partial charge in [-0.05, 0) is 30.5 Å². The molecule has 1 fully saturated rings. The molecule has 0 aromatic heterocycles. The summed E-state index contributed by atoms with van der Waals surface area (Å²) in [6.07, 6.45) is 0.389. The Morgan fingerprint density at radius 2 is 1.79 bits per heavy atom. The van der Waals surface area contributed by atoms with Gasteiger partial charge in [0.05, 0.1) is 0 Å². The van der Waals surface area contributed by atoms with Gasteiger partial charge in [0.15, 0.2) is 23.3 Å². The van der Waals surface area contributed by atoms with Gasteiger partial charge in [0, 0.05) is 42.7 Å². The SMILES string of the molecule is CC(C)C(NC(=O)CC1CCC(=O)N1Cc1cccc(F)c1F)C(=O)Nc1ccc(F)c(F)c1. The number of amides is 3. The number of carbonyl (C=O) groups excluding carboxylic acids is 3. The lowest BCUT2D eigenvalue weighted by Crippen LogP contribution is -2.48. The summed E-state index contributed by atoms with van der Waals surface area (Å²) in [7, 11) is 0. The molecule has 0 spiro atoms.